The summed E-state index contributed by atoms with van der Waals surface area (Å²) in [7, 11) is -4.08. The van der Waals surface area contributed by atoms with Gasteiger partial charge in [0.05, 0.1) is 16.1 Å². The van der Waals surface area contributed by atoms with Gasteiger partial charge in [-0.1, -0.05) is 12.1 Å². The fourth-order valence-electron chi connectivity index (χ4n) is 3.07. The number of fused-ring (bicyclic) bond motifs is 1. The van der Waals surface area contributed by atoms with Crippen LogP contribution in [0.1, 0.15) is 20.7 Å². The van der Waals surface area contributed by atoms with Crippen LogP contribution in [0.4, 0.5) is 10.1 Å². The van der Waals surface area contributed by atoms with Gasteiger partial charge in [0.1, 0.15) is 19.0 Å². The molecule has 1 heterocycles. The number of Topliss-reactive ketones (excluding diaryl/α,β-unsaturated/α-hetero) is 1. The lowest BCUT2D eigenvalue weighted by Crippen LogP contribution is -2.19. The quantitative estimate of drug-likeness (QED) is 0.415. The summed E-state index contributed by atoms with van der Waals surface area (Å²) in [6.07, 6.45) is 0. The van der Waals surface area contributed by atoms with E-state index in [1.165, 1.54) is 48.5 Å². The highest BCUT2D eigenvalue weighted by molar-refractivity contribution is 7.92. The summed E-state index contributed by atoms with van der Waals surface area (Å²) in [5, 5.41) is 0. The summed E-state index contributed by atoms with van der Waals surface area (Å²) < 4.78 is 57.0. The summed E-state index contributed by atoms with van der Waals surface area (Å²) in [6, 6.07) is 14.8. The van der Waals surface area contributed by atoms with Crippen LogP contribution in [0.25, 0.3) is 0 Å². The Labute approximate surface area is 189 Å². The number of para-hydroxylation sites is 1. The number of ether oxygens (including phenoxy) is 3. The number of halogens is 1. The van der Waals surface area contributed by atoms with Gasteiger partial charge in [-0.15, -0.1) is 0 Å². The van der Waals surface area contributed by atoms with Gasteiger partial charge in [0.25, 0.3) is 10.0 Å². The molecule has 10 heteroatoms. The van der Waals surface area contributed by atoms with Crippen LogP contribution in [0.5, 0.6) is 11.5 Å². The Balaban J connectivity index is 1.49. The minimum Gasteiger partial charge on any atom is -0.486 e. The Kier molecular flexibility index (Phi) is 6.27. The normalized spacial score (nSPS) is 12.6. The third-order valence-corrected chi connectivity index (χ3v) is 6.08. The van der Waals surface area contributed by atoms with Crippen LogP contribution < -0.4 is 14.2 Å². The third-order valence-electron chi connectivity index (χ3n) is 4.72. The number of nitrogens with one attached hydrogen (secondary N) is 1. The van der Waals surface area contributed by atoms with Gasteiger partial charge >= 0.3 is 5.97 Å². The first-order chi connectivity index (χ1) is 15.8. The van der Waals surface area contributed by atoms with E-state index in [0.717, 1.165) is 12.1 Å². The van der Waals surface area contributed by atoms with Gasteiger partial charge in [0.15, 0.2) is 23.9 Å². The lowest BCUT2D eigenvalue weighted by atomic mass is 10.1. The van der Waals surface area contributed by atoms with Crippen LogP contribution in [-0.4, -0.2) is 40.0 Å². The predicted octanol–water partition coefficient (Wildman–Crippen LogP) is 3.44. The van der Waals surface area contributed by atoms with E-state index in [-0.39, 0.29) is 21.7 Å². The zero-order chi connectivity index (χ0) is 23.4. The maximum atomic E-state index is 13.0. The van der Waals surface area contributed by atoms with E-state index in [2.05, 4.69) is 4.72 Å². The molecule has 0 bridgehead atoms. The highest BCUT2D eigenvalue weighted by atomic mass is 32.2. The van der Waals surface area contributed by atoms with Crippen molar-refractivity contribution >= 4 is 27.5 Å². The predicted molar refractivity (Wildman–Crippen MR) is 116 cm³/mol. The van der Waals surface area contributed by atoms with E-state index in [0.29, 0.717) is 24.7 Å². The Morgan fingerprint density at radius 3 is 2.39 bits per heavy atom. The molecule has 33 heavy (non-hydrogen) atoms. The SMILES string of the molecule is O=C(COC(=O)c1ccccc1NS(=O)(=O)c1ccc2c(c1)OCCO2)c1ccc(F)cc1. The largest absolute Gasteiger partial charge is 0.486 e. The van der Waals surface area contributed by atoms with E-state index in [4.69, 9.17) is 14.2 Å². The van der Waals surface area contributed by atoms with Crippen molar-refractivity contribution in [3.8, 4) is 11.5 Å². The summed E-state index contributed by atoms with van der Waals surface area (Å²) in [6.45, 7) is 0.0828. The summed E-state index contributed by atoms with van der Waals surface area (Å²) in [5.74, 6) is -1.18. The number of hydrogen-bond acceptors (Lipinski definition) is 7. The number of hydrogen-bond donors (Lipinski definition) is 1. The second kappa shape index (κ2) is 9.29. The average molecular weight is 471 g/mol. The smallest absolute Gasteiger partial charge is 0.340 e. The molecule has 0 saturated heterocycles. The Morgan fingerprint density at radius 1 is 0.939 bits per heavy atom. The molecular formula is C23H18FNO7S. The maximum absolute atomic E-state index is 13.0. The molecule has 3 aromatic carbocycles. The molecule has 0 radical (unpaired) electrons. The molecule has 8 nitrogen and oxygen atoms in total. The fourth-order valence-corrected chi connectivity index (χ4v) is 4.17. The van der Waals surface area contributed by atoms with Crippen LogP contribution in [0.15, 0.2) is 71.6 Å². The van der Waals surface area contributed by atoms with Gasteiger partial charge in [-0.3, -0.25) is 9.52 Å². The highest BCUT2D eigenvalue weighted by Gasteiger charge is 2.22. The van der Waals surface area contributed by atoms with E-state index < -0.39 is 34.2 Å². The van der Waals surface area contributed by atoms with E-state index in [1.54, 1.807) is 6.07 Å². The first-order valence-corrected chi connectivity index (χ1v) is 11.3. The molecule has 0 aliphatic carbocycles. The zero-order valence-electron chi connectivity index (χ0n) is 17.1. The van der Waals surface area contributed by atoms with Crippen molar-refractivity contribution in [2.45, 2.75) is 4.90 Å². The molecule has 0 spiro atoms. The lowest BCUT2D eigenvalue weighted by molar-refractivity contribution is 0.0476. The number of benzene rings is 3. The van der Waals surface area contributed by atoms with Gasteiger partial charge in [-0.05, 0) is 48.5 Å². The van der Waals surface area contributed by atoms with Crippen molar-refractivity contribution in [3.63, 3.8) is 0 Å². The molecule has 3 aromatic rings. The van der Waals surface area contributed by atoms with Crippen LogP contribution in [0.2, 0.25) is 0 Å². The Hall–Kier alpha value is -3.92. The number of carbonyl (C=O) groups excluding carboxylic acids is 2. The summed E-state index contributed by atoms with van der Waals surface area (Å²) in [5.41, 5.74) is 0.0777. The number of sulfonamides is 1. The van der Waals surface area contributed by atoms with Gasteiger partial charge in [-0.2, -0.15) is 0 Å². The van der Waals surface area contributed by atoms with Gasteiger partial charge < -0.3 is 14.2 Å². The molecule has 0 fully saturated rings. The second-order valence-corrected chi connectivity index (χ2v) is 8.65. The van der Waals surface area contributed by atoms with E-state index >= 15 is 0 Å². The van der Waals surface area contributed by atoms with Crippen molar-refractivity contribution in [2.75, 3.05) is 24.5 Å². The highest BCUT2D eigenvalue weighted by Crippen LogP contribution is 2.33. The summed E-state index contributed by atoms with van der Waals surface area (Å²) in [4.78, 5) is 24.7. The number of anilines is 1. The van der Waals surface area contributed by atoms with Crippen LogP contribution in [0.3, 0.4) is 0 Å². The Morgan fingerprint density at radius 2 is 1.64 bits per heavy atom. The van der Waals surface area contributed by atoms with Crippen LogP contribution in [0, 0.1) is 5.82 Å². The maximum Gasteiger partial charge on any atom is 0.340 e. The molecule has 0 amide bonds. The average Bonchev–Trinajstić information content (AvgIpc) is 2.82. The molecule has 170 valence electrons. The molecule has 1 N–H and O–H groups in total. The van der Waals surface area contributed by atoms with Gasteiger partial charge in [-0.25, -0.2) is 17.6 Å². The zero-order valence-corrected chi connectivity index (χ0v) is 17.9. The topological polar surface area (TPSA) is 108 Å². The number of rotatable bonds is 7. The van der Waals surface area contributed by atoms with Crippen molar-refractivity contribution in [1.82, 2.24) is 0 Å². The standard InChI is InChI=1S/C23H18FNO7S/c24-16-7-5-15(6-8-16)20(26)14-32-23(27)18-3-1-2-4-19(18)25-33(28,29)17-9-10-21-22(13-17)31-12-11-30-21/h1-10,13,25H,11-12,14H2. The van der Waals surface area contributed by atoms with Crippen LogP contribution >= 0.6 is 0 Å². The molecule has 1 aliphatic heterocycles. The van der Waals surface area contributed by atoms with Gasteiger partial charge in [0, 0.05) is 11.6 Å². The van der Waals surface area contributed by atoms with Crippen LogP contribution in [-0.2, 0) is 14.8 Å². The molecule has 0 atom stereocenters. The number of esters is 1. The second-order valence-electron chi connectivity index (χ2n) is 6.96. The molecule has 1 aliphatic rings. The minimum atomic E-state index is -4.08. The Bertz CT molecular complexity index is 1310. The minimum absolute atomic E-state index is 0.0216. The molecule has 0 aromatic heterocycles. The fraction of sp³-hybridized carbons (Fsp3) is 0.130. The number of carbonyl (C=O) groups is 2. The monoisotopic (exact) mass is 471 g/mol. The third kappa shape index (κ3) is 5.12. The van der Waals surface area contributed by atoms with E-state index in [9.17, 15) is 22.4 Å². The van der Waals surface area contributed by atoms with Crippen molar-refractivity contribution in [3.05, 3.63) is 83.7 Å². The summed E-state index contributed by atoms with van der Waals surface area (Å²) >= 11 is 0. The number of ketones is 1. The van der Waals surface area contributed by atoms with Crippen molar-refractivity contribution < 1.29 is 36.6 Å². The molecular weight excluding hydrogens is 453 g/mol. The van der Waals surface area contributed by atoms with Crippen molar-refractivity contribution in [1.29, 1.82) is 0 Å². The van der Waals surface area contributed by atoms with E-state index in [1.807, 2.05) is 0 Å². The molecule has 4 rings (SSSR count). The van der Waals surface area contributed by atoms with Gasteiger partial charge in [0.2, 0.25) is 0 Å². The first kappa shape index (κ1) is 22.3. The lowest BCUT2D eigenvalue weighted by Gasteiger charge is -2.19. The molecule has 0 unspecified atom stereocenters. The molecule has 0 saturated carbocycles. The first-order valence-electron chi connectivity index (χ1n) is 9.81. The van der Waals surface area contributed by atoms with Crippen molar-refractivity contribution in [2.24, 2.45) is 0 Å².